The maximum absolute atomic E-state index is 12.7. The fraction of sp³-hybridized carbons (Fsp3) is 0.400. The van der Waals surface area contributed by atoms with Crippen molar-refractivity contribution in [3.8, 4) is 0 Å². The molecule has 22 heavy (non-hydrogen) atoms. The number of hydrogen-bond donors (Lipinski definition) is 2. The minimum Gasteiger partial charge on any atom is -0.396 e. The number of carbonyl (C=O) groups is 1. The molecule has 0 spiro atoms. The molecule has 2 aromatic rings. The molecule has 2 N–H and O–H groups in total. The van der Waals surface area contributed by atoms with Gasteiger partial charge in [-0.3, -0.25) is 4.79 Å². The van der Waals surface area contributed by atoms with E-state index in [0.29, 0.717) is 17.3 Å². The largest absolute Gasteiger partial charge is 0.416 e. The molecule has 1 atom stereocenters. The Morgan fingerprint density at radius 3 is 2.64 bits per heavy atom. The van der Waals surface area contributed by atoms with E-state index in [1.165, 1.54) is 12.1 Å². The maximum atomic E-state index is 12.7. The molecular formula is C15H17F3N2O2. The third kappa shape index (κ3) is 3.24. The van der Waals surface area contributed by atoms with Gasteiger partial charge < -0.3 is 15.0 Å². The van der Waals surface area contributed by atoms with Gasteiger partial charge in [0.1, 0.15) is 5.69 Å². The number of halogens is 3. The summed E-state index contributed by atoms with van der Waals surface area (Å²) in [6, 6.07) is 4.60. The summed E-state index contributed by atoms with van der Waals surface area (Å²) in [6.07, 6.45) is -4.00. The van der Waals surface area contributed by atoms with Crippen molar-refractivity contribution in [3.05, 3.63) is 35.5 Å². The number of rotatable bonds is 4. The molecule has 2 rings (SSSR count). The summed E-state index contributed by atoms with van der Waals surface area (Å²) < 4.78 is 39.7. The number of carbonyl (C=O) groups excluding carboxylic acids is 1. The van der Waals surface area contributed by atoms with Gasteiger partial charge in [0.25, 0.3) is 5.91 Å². The molecule has 0 fully saturated rings. The minimum atomic E-state index is -4.41. The molecule has 0 radical (unpaired) electrons. The molecule has 0 aliphatic carbocycles. The molecule has 0 aliphatic rings. The summed E-state index contributed by atoms with van der Waals surface area (Å²) in [6.45, 7) is 1.70. The number of alkyl halides is 3. The summed E-state index contributed by atoms with van der Waals surface area (Å²) in [5.41, 5.74) is 0.0817. The van der Waals surface area contributed by atoms with Crippen LogP contribution in [-0.4, -0.2) is 28.2 Å². The molecule has 0 saturated carbocycles. The monoisotopic (exact) mass is 314 g/mol. The Balaban J connectivity index is 2.36. The van der Waals surface area contributed by atoms with E-state index in [0.717, 1.165) is 12.1 Å². The van der Waals surface area contributed by atoms with E-state index in [1.807, 2.05) is 0 Å². The number of aromatic nitrogens is 1. The zero-order valence-electron chi connectivity index (χ0n) is 12.2. The first-order valence-electron chi connectivity index (χ1n) is 6.82. The Hall–Kier alpha value is -2.02. The van der Waals surface area contributed by atoms with E-state index in [-0.39, 0.29) is 24.2 Å². The SMILES string of the molecule is CC(CCO)NC(=O)c1cc2cc(C(F)(F)F)ccc2n1C. The number of nitrogens with zero attached hydrogens (tertiary/aromatic N) is 1. The Morgan fingerprint density at radius 2 is 2.05 bits per heavy atom. The first-order chi connectivity index (χ1) is 10.2. The lowest BCUT2D eigenvalue weighted by Crippen LogP contribution is -2.34. The summed E-state index contributed by atoms with van der Waals surface area (Å²) in [5, 5.41) is 11.9. The normalized spacial score (nSPS) is 13.4. The Bertz CT molecular complexity index is 692. The van der Waals surface area contributed by atoms with Gasteiger partial charge in [0, 0.05) is 30.6 Å². The van der Waals surface area contributed by atoms with Crippen LogP contribution in [0.5, 0.6) is 0 Å². The van der Waals surface area contributed by atoms with Gasteiger partial charge in [-0.15, -0.1) is 0 Å². The van der Waals surface area contributed by atoms with Crippen molar-refractivity contribution < 1.29 is 23.1 Å². The fourth-order valence-corrected chi connectivity index (χ4v) is 2.31. The molecule has 1 heterocycles. The third-order valence-corrected chi connectivity index (χ3v) is 3.54. The van der Waals surface area contributed by atoms with Crippen molar-refractivity contribution in [3.63, 3.8) is 0 Å². The highest BCUT2D eigenvalue weighted by molar-refractivity contribution is 5.99. The van der Waals surface area contributed by atoms with Crippen molar-refractivity contribution in [2.45, 2.75) is 25.6 Å². The van der Waals surface area contributed by atoms with Gasteiger partial charge in [0.05, 0.1) is 5.56 Å². The molecular weight excluding hydrogens is 297 g/mol. The van der Waals surface area contributed by atoms with Crippen LogP contribution in [0.15, 0.2) is 24.3 Å². The van der Waals surface area contributed by atoms with Gasteiger partial charge >= 0.3 is 6.18 Å². The number of nitrogens with one attached hydrogen (secondary N) is 1. The minimum absolute atomic E-state index is 0.0501. The van der Waals surface area contributed by atoms with Crippen LogP contribution in [0.3, 0.4) is 0 Å². The second kappa shape index (κ2) is 6.00. The van der Waals surface area contributed by atoms with Crippen LogP contribution in [0.2, 0.25) is 0 Å². The van der Waals surface area contributed by atoms with E-state index in [2.05, 4.69) is 5.32 Å². The summed E-state index contributed by atoms with van der Waals surface area (Å²) in [4.78, 5) is 12.2. The van der Waals surface area contributed by atoms with Gasteiger partial charge in [-0.1, -0.05) is 0 Å². The highest BCUT2D eigenvalue weighted by Gasteiger charge is 2.30. The van der Waals surface area contributed by atoms with Gasteiger partial charge in [-0.2, -0.15) is 13.2 Å². The van der Waals surface area contributed by atoms with Crippen LogP contribution < -0.4 is 5.32 Å². The van der Waals surface area contributed by atoms with Crippen molar-refractivity contribution >= 4 is 16.8 Å². The molecule has 120 valence electrons. The number of amides is 1. The average Bonchev–Trinajstić information content (AvgIpc) is 2.75. The van der Waals surface area contributed by atoms with Crippen LogP contribution in [-0.2, 0) is 13.2 Å². The number of fused-ring (bicyclic) bond motifs is 1. The molecule has 0 saturated heterocycles. The van der Waals surface area contributed by atoms with Gasteiger partial charge in [0.2, 0.25) is 0 Å². The van der Waals surface area contributed by atoms with Crippen molar-refractivity contribution in [1.82, 2.24) is 9.88 Å². The van der Waals surface area contributed by atoms with Gasteiger partial charge in [0.15, 0.2) is 0 Å². The second-order valence-electron chi connectivity index (χ2n) is 5.25. The predicted octanol–water partition coefficient (Wildman–Crippen LogP) is 2.70. The lowest BCUT2D eigenvalue weighted by Gasteiger charge is -2.12. The standard InChI is InChI=1S/C15H17F3N2O2/c1-9(5-6-21)19-14(22)13-8-10-7-11(15(16,17)18)3-4-12(10)20(13)2/h3-4,7-9,21H,5-6H2,1-2H3,(H,19,22). The molecule has 1 aromatic carbocycles. The first kappa shape index (κ1) is 16.4. The molecule has 1 aromatic heterocycles. The second-order valence-corrected chi connectivity index (χ2v) is 5.25. The molecule has 1 unspecified atom stereocenters. The number of aryl methyl sites for hydroxylation is 1. The maximum Gasteiger partial charge on any atom is 0.416 e. The van der Waals surface area contributed by atoms with E-state index in [4.69, 9.17) is 5.11 Å². The van der Waals surface area contributed by atoms with Crippen molar-refractivity contribution in [1.29, 1.82) is 0 Å². The molecule has 4 nitrogen and oxygen atoms in total. The fourth-order valence-electron chi connectivity index (χ4n) is 2.31. The highest BCUT2D eigenvalue weighted by atomic mass is 19.4. The van der Waals surface area contributed by atoms with E-state index in [1.54, 1.807) is 18.5 Å². The molecule has 1 amide bonds. The van der Waals surface area contributed by atoms with Crippen molar-refractivity contribution in [2.75, 3.05) is 6.61 Å². The summed E-state index contributed by atoms with van der Waals surface area (Å²) in [7, 11) is 1.63. The number of benzene rings is 1. The van der Waals surface area contributed by atoms with Crippen LogP contribution in [0, 0.1) is 0 Å². The van der Waals surface area contributed by atoms with Crippen LogP contribution in [0.1, 0.15) is 29.4 Å². The topological polar surface area (TPSA) is 54.3 Å². The van der Waals surface area contributed by atoms with Crippen LogP contribution >= 0.6 is 0 Å². The van der Waals surface area contributed by atoms with Gasteiger partial charge in [-0.25, -0.2) is 0 Å². The molecule has 0 bridgehead atoms. The summed E-state index contributed by atoms with van der Waals surface area (Å²) in [5.74, 6) is -0.381. The lowest BCUT2D eigenvalue weighted by atomic mass is 10.1. The van der Waals surface area contributed by atoms with Crippen LogP contribution in [0.4, 0.5) is 13.2 Å². The molecule has 7 heteroatoms. The van der Waals surface area contributed by atoms with Crippen LogP contribution in [0.25, 0.3) is 10.9 Å². The Kier molecular flexibility index (Phi) is 4.46. The Morgan fingerprint density at radius 1 is 1.36 bits per heavy atom. The summed E-state index contributed by atoms with van der Waals surface area (Å²) >= 11 is 0. The number of hydrogen-bond acceptors (Lipinski definition) is 2. The zero-order chi connectivity index (χ0) is 16.5. The third-order valence-electron chi connectivity index (χ3n) is 3.54. The number of aliphatic hydroxyl groups excluding tert-OH is 1. The van der Waals surface area contributed by atoms with Crippen molar-refractivity contribution in [2.24, 2.45) is 7.05 Å². The smallest absolute Gasteiger partial charge is 0.396 e. The van der Waals surface area contributed by atoms with E-state index < -0.39 is 11.7 Å². The quantitative estimate of drug-likeness (QED) is 0.911. The zero-order valence-corrected chi connectivity index (χ0v) is 12.2. The number of aliphatic hydroxyl groups is 1. The van der Waals surface area contributed by atoms with E-state index >= 15 is 0 Å². The predicted molar refractivity (Wildman–Crippen MR) is 76.6 cm³/mol. The lowest BCUT2D eigenvalue weighted by molar-refractivity contribution is -0.137. The average molecular weight is 314 g/mol. The van der Waals surface area contributed by atoms with E-state index in [9.17, 15) is 18.0 Å². The molecule has 0 aliphatic heterocycles. The Labute approximate surface area is 125 Å². The highest BCUT2D eigenvalue weighted by Crippen LogP contribution is 2.32. The van der Waals surface area contributed by atoms with Gasteiger partial charge in [-0.05, 0) is 37.6 Å². The first-order valence-corrected chi connectivity index (χ1v) is 6.82.